The van der Waals surface area contributed by atoms with Gasteiger partial charge in [-0.15, -0.1) is 0 Å². The standard InChI is InChI=1S/C32H18.C2H6.8CH4/c1-4-15-10-19-12-20-11-16-5-2-7-18-14-24-22-9-3-8-21-23-13-17(6-1)25(15)30(23)27(19)32(29(21)22)28(20)31(24)26(16)18;1-2;;;;;;;;/h1-9,12H,10-11,13-14H2;1-2H3;8*1H4. The van der Waals surface area contributed by atoms with E-state index in [1.807, 2.05) is 13.8 Å². The maximum Gasteiger partial charge on any atom is -0.000694 e. The van der Waals surface area contributed by atoms with Crippen LogP contribution in [0.4, 0.5) is 0 Å². The van der Waals surface area contributed by atoms with Crippen LogP contribution in [-0.2, 0) is 25.7 Å². The molecule has 6 aromatic rings. The summed E-state index contributed by atoms with van der Waals surface area (Å²) in [5.74, 6) is 0. The average molecular weight is 561 g/mol. The first-order chi connectivity index (χ1) is 16.9. The smallest absolute Gasteiger partial charge is 0.000694 e. The Kier molecular flexibility index (Phi) is 10.3. The maximum atomic E-state index is 2.59. The number of rotatable bonds is 0. The molecule has 42 heavy (non-hydrogen) atoms. The highest BCUT2D eigenvalue weighted by atomic mass is 14.4. The van der Waals surface area contributed by atoms with Crippen molar-refractivity contribution in [3.8, 4) is 22.3 Å². The Labute approximate surface area is 258 Å². The van der Waals surface area contributed by atoms with Gasteiger partial charge in [0.2, 0.25) is 0 Å². The van der Waals surface area contributed by atoms with E-state index < -0.39 is 0 Å². The molecule has 0 heteroatoms. The lowest BCUT2D eigenvalue weighted by molar-refractivity contribution is 1.15. The van der Waals surface area contributed by atoms with Gasteiger partial charge < -0.3 is 0 Å². The van der Waals surface area contributed by atoms with Crippen LogP contribution in [0.2, 0.25) is 0 Å². The minimum Gasteiger partial charge on any atom is -0.0776 e. The second-order valence-electron chi connectivity index (χ2n) is 10.4. The van der Waals surface area contributed by atoms with E-state index in [0.29, 0.717) is 0 Å². The Morgan fingerprint density at radius 1 is 0.357 bits per heavy atom. The van der Waals surface area contributed by atoms with Crippen LogP contribution in [0.25, 0.3) is 54.6 Å². The van der Waals surface area contributed by atoms with E-state index in [9.17, 15) is 0 Å². The minimum atomic E-state index is 0. The number of hydrogen-bond donors (Lipinski definition) is 0. The van der Waals surface area contributed by atoms with Gasteiger partial charge in [0.1, 0.15) is 0 Å². The van der Waals surface area contributed by atoms with E-state index in [-0.39, 0.29) is 59.4 Å². The van der Waals surface area contributed by atoms with Crippen molar-refractivity contribution in [1.82, 2.24) is 0 Å². The molecule has 0 saturated carbocycles. The summed E-state index contributed by atoms with van der Waals surface area (Å²) in [5, 5.41) is 9.28. The third kappa shape index (κ3) is 3.73. The molecule has 0 atom stereocenters. The Hall–Kier alpha value is -3.64. The Bertz CT molecular complexity index is 1780. The summed E-state index contributed by atoms with van der Waals surface area (Å²) in [4.78, 5) is 0. The van der Waals surface area contributed by atoms with Crippen molar-refractivity contribution >= 4 is 32.3 Å². The molecule has 0 bridgehead atoms. The molecule has 224 valence electrons. The quantitative estimate of drug-likeness (QED) is 0.162. The molecule has 4 aliphatic carbocycles. The van der Waals surface area contributed by atoms with Gasteiger partial charge in [0.15, 0.2) is 0 Å². The van der Waals surface area contributed by atoms with Gasteiger partial charge in [0.25, 0.3) is 0 Å². The van der Waals surface area contributed by atoms with Crippen LogP contribution >= 0.6 is 0 Å². The van der Waals surface area contributed by atoms with Crippen LogP contribution in [-0.4, -0.2) is 0 Å². The molecule has 0 fully saturated rings. The monoisotopic (exact) mass is 560 g/mol. The van der Waals surface area contributed by atoms with E-state index in [2.05, 4.69) is 60.7 Å². The molecule has 0 unspecified atom stereocenters. The predicted octanol–water partition coefficient (Wildman–Crippen LogP) is 13.6. The van der Waals surface area contributed by atoms with Gasteiger partial charge in [-0.25, -0.2) is 0 Å². The Balaban J connectivity index is 0.000000866. The summed E-state index contributed by atoms with van der Waals surface area (Å²) in [6, 6.07) is 23.7. The minimum absolute atomic E-state index is 0. The van der Waals surface area contributed by atoms with Crippen molar-refractivity contribution < 1.29 is 0 Å². The first-order valence-electron chi connectivity index (χ1n) is 12.9. The van der Waals surface area contributed by atoms with E-state index in [1.165, 1.54) is 33.0 Å². The largest absolute Gasteiger partial charge is 0.0776 e. The predicted molar refractivity (Wildman–Crippen MR) is 197 cm³/mol. The third-order valence-corrected chi connectivity index (χ3v) is 9.03. The van der Waals surface area contributed by atoms with Gasteiger partial charge in [-0.2, -0.15) is 0 Å². The molecule has 10 rings (SSSR count). The lowest BCUT2D eigenvalue weighted by Gasteiger charge is -2.29. The molecule has 0 amide bonds. The fraction of sp³-hybridized carbons (Fsp3) is 0.333. The summed E-state index contributed by atoms with van der Waals surface area (Å²) >= 11 is 0. The molecule has 6 aromatic carbocycles. The summed E-state index contributed by atoms with van der Waals surface area (Å²) in [7, 11) is 0. The van der Waals surface area contributed by atoms with Gasteiger partial charge in [0, 0.05) is 0 Å². The summed E-state index contributed by atoms with van der Waals surface area (Å²) in [6.45, 7) is 4.00. The third-order valence-electron chi connectivity index (χ3n) is 9.03. The molecule has 0 saturated heterocycles. The zero-order chi connectivity index (χ0) is 22.3. The summed E-state index contributed by atoms with van der Waals surface area (Å²) in [6.07, 6.45) is 4.32. The highest BCUT2D eigenvalue weighted by Gasteiger charge is 2.37. The number of benzene rings is 6. The van der Waals surface area contributed by atoms with Crippen molar-refractivity contribution in [1.29, 1.82) is 0 Å². The molecule has 0 N–H and O–H groups in total. The molecule has 4 aliphatic rings. The van der Waals surface area contributed by atoms with Crippen LogP contribution in [0.3, 0.4) is 0 Å². The molecule has 0 nitrogen and oxygen atoms in total. The van der Waals surface area contributed by atoms with Crippen molar-refractivity contribution in [2.45, 2.75) is 98.9 Å². The zero-order valence-electron chi connectivity index (χ0n) is 19.6. The van der Waals surface area contributed by atoms with Gasteiger partial charge in [-0.3, -0.25) is 0 Å². The van der Waals surface area contributed by atoms with E-state index in [4.69, 9.17) is 0 Å². The van der Waals surface area contributed by atoms with Crippen molar-refractivity contribution in [2.24, 2.45) is 0 Å². The van der Waals surface area contributed by atoms with Crippen molar-refractivity contribution in [3.63, 3.8) is 0 Å². The van der Waals surface area contributed by atoms with Crippen molar-refractivity contribution in [2.75, 3.05) is 0 Å². The molecular weight excluding hydrogens is 504 g/mol. The SMILES string of the molecule is C.C.C.C.C.C.C.C.CC.c1cc2c3c(c1)Cc1cc4c5c6c(c7cccc8c(c-3c1c5c87)C2)Cc1cccc(c1-6)C4. The fourth-order valence-corrected chi connectivity index (χ4v) is 8.04. The molecule has 0 heterocycles. The van der Waals surface area contributed by atoms with Crippen molar-refractivity contribution in [3.05, 3.63) is 105 Å². The first-order valence-corrected chi connectivity index (χ1v) is 12.9. The lowest BCUT2D eigenvalue weighted by Crippen LogP contribution is -2.08. The number of hydrogen-bond acceptors (Lipinski definition) is 0. The van der Waals surface area contributed by atoms with E-state index in [0.717, 1.165) is 25.7 Å². The van der Waals surface area contributed by atoms with Crippen LogP contribution < -0.4 is 0 Å². The van der Waals surface area contributed by atoms with E-state index >= 15 is 0 Å². The first kappa shape index (κ1) is 36.4. The lowest BCUT2D eigenvalue weighted by atomic mass is 9.74. The Morgan fingerprint density at radius 3 is 1.12 bits per heavy atom. The molecule has 0 aromatic heterocycles. The average Bonchev–Trinajstić information content (AvgIpc) is 3.47. The normalized spacial score (nSPS) is 12.0. The summed E-state index contributed by atoms with van der Waals surface area (Å²) < 4.78 is 0. The van der Waals surface area contributed by atoms with Gasteiger partial charge in [0.05, 0.1) is 0 Å². The van der Waals surface area contributed by atoms with Gasteiger partial charge in [-0.1, -0.05) is 134 Å². The van der Waals surface area contributed by atoms with Crippen LogP contribution in [0.15, 0.2) is 60.7 Å². The highest BCUT2D eigenvalue weighted by Crippen LogP contribution is 2.59. The van der Waals surface area contributed by atoms with Gasteiger partial charge in [-0.05, 0) is 125 Å². The topological polar surface area (TPSA) is 0 Å². The van der Waals surface area contributed by atoms with Crippen LogP contribution in [0.1, 0.15) is 118 Å². The second-order valence-corrected chi connectivity index (χ2v) is 10.4. The number of fused-ring (bicyclic) bond motifs is 2. The molecule has 0 radical (unpaired) electrons. The molecule has 0 aliphatic heterocycles. The highest BCUT2D eigenvalue weighted by molar-refractivity contribution is 6.34. The van der Waals surface area contributed by atoms with Gasteiger partial charge >= 0.3 is 0 Å². The van der Waals surface area contributed by atoms with Crippen LogP contribution in [0, 0.1) is 0 Å². The maximum absolute atomic E-state index is 2.59. The zero-order valence-corrected chi connectivity index (χ0v) is 19.6. The van der Waals surface area contributed by atoms with E-state index in [1.54, 1.807) is 66.1 Å². The molecular formula is C42H56. The van der Waals surface area contributed by atoms with Crippen LogP contribution in [0.5, 0.6) is 0 Å². The second kappa shape index (κ2) is 11.9. The summed E-state index contributed by atoms with van der Waals surface area (Å²) in [5.41, 5.74) is 18.7. The molecule has 0 spiro atoms. The Morgan fingerprint density at radius 2 is 0.714 bits per heavy atom. The fourth-order valence-electron chi connectivity index (χ4n) is 8.04.